The summed E-state index contributed by atoms with van der Waals surface area (Å²) in [4.78, 5) is 19.5. The quantitative estimate of drug-likeness (QED) is 0.677. The second-order valence-electron chi connectivity index (χ2n) is 7.52. The van der Waals surface area contributed by atoms with Gasteiger partial charge < -0.3 is 14.2 Å². The molecule has 5 heteroatoms. The topological polar surface area (TPSA) is 47.4 Å². The Morgan fingerprint density at radius 3 is 2.50 bits per heavy atom. The van der Waals surface area contributed by atoms with Gasteiger partial charge in [0.25, 0.3) is 0 Å². The molecule has 0 saturated carbocycles. The number of nitrogens with zero attached hydrogens (tertiary/aromatic N) is 3. The van der Waals surface area contributed by atoms with E-state index in [1.165, 1.54) is 11.1 Å². The molecule has 28 heavy (non-hydrogen) atoms. The number of fused-ring (bicyclic) bond motifs is 1. The minimum Gasteiger partial charge on any atom is -0.497 e. The van der Waals surface area contributed by atoms with E-state index in [-0.39, 0.29) is 5.91 Å². The molecule has 4 rings (SSSR count). The Morgan fingerprint density at radius 2 is 1.82 bits per heavy atom. The Morgan fingerprint density at radius 1 is 1.11 bits per heavy atom. The highest BCUT2D eigenvalue weighted by Gasteiger charge is 2.26. The molecule has 0 spiro atoms. The molecule has 2 heterocycles. The molecule has 3 aromatic rings. The third-order valence-corrected chi connectivity index (χ3v) is 5.82. The van der Waals surface area contributed by atoms with E-state index in [0.717, 1.165) is 49.4 Å². The highest BCUT2D eigenvalue weighted by Crippen LogP contribution is 2.29. The van der Waals surface area contributed by atoms with Crippen LogP contribution >= 0.6 is 0 Å². The van der Waals surface area contributed by atoms with Crippen LogP contribution < -0.4 is 4.74 Å². The summed E-state index contributed by atoms with van der Waals surface area (Å²) in [5.74, 6) is 2.66. The summed E-state index contributed by atoms with van der Waals surface area (Å²) in [6.07, 6.45) is 3.29. The monoisotopic (exact) mass is 377 g/mol. The van der Waals surface area contributed by atoms with Crippen molar-refractivity contribution in [3.05, 3.63) is 59.9 Å². The van der Waals surface area contributed by atoms with Gasteiger partial charge in [-0.25, -0.2) is 4.98 Å². The van der Waals surface area contributed by atoms with Crippen molar-refractivity contribution >= 4 is 16.9 Å². The fourth-order valence-electron chi connectivity index (χ4n) is 4.12. The molecule has 0 atom stereocenters. The molecule has 1 aliphatic heterocycles. The van der Waals surface area contributed by atoms with Gasteiger partial charge in [0.2, 0.25) is 5.91 Å². The van der Waals surface area contributed by atoms with Crippen LogP contribution in [0.1, 0.15) is 36.6 Å². The van der Waals surface area contributed by atoms with E-state index in [9.17, 15) is 4.79 Å². The van der Waals surface area contributed by atoms with Crippen molar-refractivity contribution in [2.45, 2.75) is 31.6 Å². The Bertz CT molecular complexity index is 954. The molecular weight excluding hydrogens is 350 g/mol. The van der Waals surface area contributed by atoms with E-state index in [0.29, 0.717) is 12.3 Å². The number of rotatable bonds is 5. The summed E-state index contributed by atoms with van der Waals surface area (Å²) in [7, 11) is 3.76. The smallest absolute Gasteiger partial charge is 0.222 e. The lowest BCUT2D eigenvalue weighted by Gasteiger charge is -2.31. The highest BCUT2D eigenvalue weighted by atomic mass is 16.5. The fraction of sp³-hybridized carbons (Fsp3) is 0.391. The van der Waals surface area contributed by atoms with Crippen molar-refractivity contribution in [2.75, 3.05) is 20.2 Å². The van der Waals surface area contributed by atoms with Crippen LogP contribution in [-0.2, 0) is 18.3 Å². The van der Waals surface area contributed by atoms with E-state index >= 15 is 0 Å². The number of carbonyl (C=O) groups is 1. The van der Waals surface area contributed by atoms with Gasteiger partial charge in [-0.15, -0.1) is 0 Å². The number of benzene rings is 2. The van der Waals surface area contributed by atoms with E-state index in [1.807, 2.05) is 35.2 Å². The largest absolute Gasteiger partial charge is 0.497 e. The number of amides is 1. The minimum absolute atomic E-state index is 0.249. The van der Waals surface area contributed by atoms with Gasteiger partial charge in [0.1, 0.15) is 11.6 Å². The average molecular weight is 377 g/mol. The molecule has 5 nitrogen and oxygen atoms in total. The summed E-state index contributed by atoms with van der Waals surface area (Å²) in [6.45, 7) is 1.63. The van der Waals surface area contributed by atoms with Crippen LogP contribution in [0.15, 0.2) is 48.5 Å². The number of likely N-dealkylation sites (tertiary alicyclic amines) is 1. The standard InChI is InChI=1S/C23H27N3O2/c1-25-21-6-4-3-5-20(21)24-23(25)18-13-15-26(16-14-18)22(27)12-9-17-7-10-19(28-2)11-8-17/h3-8,10-11,18H,9,12-16H2,1-2H3. The first-order valence-electron chi connectivity index (χ1n) is 9.98. The fourth-order valence-corrected chi connectivity index (χ4v) is 4.12. The lowest BCUT2D eigenvalue weighted by Crippen LogP contribution is -2.38. The molecule has 0 radical (unpaired) electrons. The molecule has 1 amide bonds. The van der Waals surface area contributed by atoms with Gasteiger partial charge >= 0.3 is 0 Å². The number of hydrogen-bond acceptors (Lipinski definition) is 3. The number of imidazole rings is 1. The molecule has 1 saturated heterocycles. The zero-order chi connectivity index (χ0) is 19.5. The second kappa shape index (κ2) is 8.05. The Balaban J connectivity index is 1.32. The zero-order valence-electron chi connectivity index (χ0n) is 16.6. The molecule has 1 fully saturated rings. The predicted molar refractivity (Wildman–Crippen MR) is 111 cm³/mol. The summed E-state index contributed by atoms with van der Waals surface area (Å²) >= 11 is 0. The number of aromatic nitrogens is 2. The van der Waals surface area contributed by atoms with Crippen molar-refractivity contribution in [3.63, 3.8) is 0 Å². The van der Waals surface area contributed by atoms with Crippen LogP contribution in [0, 0.1) is 0 Å². The van der Waals surface area contributed by atoms with Crippen LogP contribution in [0.25, 0.3) is 11.0 Å². The number of aryl methyl sites for hydroxylation is 2. The van der Waals surface area contributed by atoms with Gasteiger partial charge in [0.15, 0.2) is 0 Å². The van der Waals surface area contributed by atoms with Crippen LogP contribution in [0.5, 0.6) is 5.75 Å². The maximum atomic E-state index is 12.6. The third kappa shape index (κ3) is 3.75. The molecule has 0 bridgehead atoms. The first-order valence-corrected chi connectivity index (χ1v) is 9.98. The Hall–Kier alpha value is -2.82. The molecule has 0 N–H and O–H groups in total. The molecular formula is C23H27N3O2. The van der Waals surface area contributed by atoms with E-state index in [4.69, 9.17) is 9.72 Å². The van der Waals surface area contributed by atoms with Crippen molar-refractivity contribution < 1.29 is 9.53 Å². The number of ether oxygens (including phenoxy) is 1. The normalized spacial score (nSPS) is 15.1. The number of para-hydroxylation sites is 2. The van der Waals surface area contributed by atoms with Gasteiger partial charge in [0, 0.05) is 32.5 Å². The number of carbonyl (C=O) groups excluding carboxylic acids is 1. The van der Waals surface area contributed by atoms with Gasteiger partial charge in [-0.1, -0.05) is 24.3 Å². The number of piperidine rings is 1. The lowest BCUT2D eigenvalue weighted by molar-refractivity contribution is -0.132. The third-order valence-electron chi connectivity index (χ3n) is 5.82. The maximum absolute atomic E-state index is 12.6. The minimum atomic E-state index is 0.249. The summed E-state index contributed by atoms with van der Waals surface area (Å²) < 4.78 is 7.39. The van der Waals surface area contributed by atoms with Crippen LogP contribution in [-0.4, -0.2) is 40.6 Å². The van der Waals surface area contributed by atoms with Gasteiger partial charge in [-0.05, 0) is 49.1 Å². The van der Waals surface area contributed by atoms with Crippen molar-refractivity contribution in [1.82, 2.24) is 14.5 Å². The first-order chi connectivity index (χ1) is 13.7. The molecule has 1 aliphatic rings. The Labute approximate surface area is 165 Å². The summed E-state index contributed by atoms with van der Waals surface area (Å²) in [6, 6.07) is 16.2. The summed E-state index contributed by atoms with van der Waals surface area (Å²) in [5.41, 5.74) is 3.40. The van der Waals surface area contributed by atoms with E-state index in [1.54, 1.807) is 7.11 Å². The lowest BCUT2D eigenvalue weighted by atomic mass is 9.95. The molecule has 0 aliphatic carbocycles. The Kier molecular flexibility index (Phi) is 5.33. The van der Waals surface area contributed by atoms with Crippen LogP contribution in [0.2, 0.25) is 0 Å². The molecule has 0 unspecified atom stereocenters. The highest BCUT2D eigenvalue weighted by molar-refractivity contribution is 5.77. The first kappa shape index (κ1) is 18.5. The van der Waals surface area contributed by atoms with E-state index in [2.05, 4.69) is 29.8 Å². The van der Waals surface area contributed by atoms with Gasteiger partial charge in [-0.3, -0.25) is 4.79 Å². The summed E-state index contributed by atoms with van der Waals surface area (Å²) in [5, 5.41) is 0. The average Bonchev–Trinajstić information content (AvgIpc) is 3.09. The SMILES string of the molecule is COc1ccc(CCC(=O)N2CCC(c3nc4ccccc4n3C)CC2)cc1. The van der Waals surface area contributed by atoms with E-state index < -0.39 is 0 Å². The molecule has 2 aromatic carbocycles. The van der Waals surface area contributed by atoms with Gasteiger partial charge in [0.05, 0.1) is 18.1 Å². The second-order valence-corrected chi connectivity index (χ2v) is 7.52. The predicted octanol–water partition coefficient (Wildman–Crippen LogP) is 3.92. The molecule has 1 aromatic heterocycles. The van der Waals surface area contributed by atoms with Crippen molar-refractivity contribution in [2.24, 2.45) is 7.05 Å². The zero-order valence-corrected chi connectivity index (χ0v) is 16.6. The molecule has 146 valence electrons. The van der Waals surface area contributed by atoms with Gasteiger partial charge in [-0.2, -0.15) is 0 Å². The number of methoxy groups -OCH3 is 1. The van der Waals surface area contributed by atoms with Crippen molar-refractivity contribution in [1.29, 1.82) is 0 Å². The van der Waals surface area contributed by atoms with Crippen LogP contribution in [0.4, 0.5) is 0 Å². The van der Waals surface area contributed by atoms with Crippen molar-refractivity contribution in [3.8, 4) is 5.75 Å². The maximum Gasteiger partial charge on any atom is 0.222 e. The number of hydrogen-bond donors (Lipinski definition) is 0. The van der Waals surface area contributed by atoms with Crippen LogP contribution in [0.3, 0.4) is 0 Å².